The van der Waals surface area contributed by atoms with Crippen molar-refractivity contribution in [3.8, 4) is 0 Å². The Hall–Kier alpha value is -1.35. The van der Waals surface area contributed by atoms with Crippen LogP contribution in [0.5, 0.6) is 0 Å². The molecule has 21 heavy (non-hydrogen) atoms. The molecule has 116 valence electrons. The van der Waals surface area contributed by atoms with Crippen molar-refractivity contribution in [3.63, 3.8) is 0 Å². The van der Waals surface area contributed by atoms with E-state index in [-0.39, 0.29) is 5.91 Å². The summed E-state index contributed by atoms with van der Waals surface area (Å²) in [5.74, 6) is 0.820. The maximum absolute atomic E-state index is 12.2. The van der Waals surface area contributed by atoms with Crippen LogP contribution in [0.3, 0.4) is 0 Å². The number of hydrogen-bond acceptors (Lipinski definition) is 2. The molecule has 3 nitrogen and oxygen atoms in total. The minimum Gasteiger partial charge on any atom is -0.353 e. The SMILES string of the molecule is CCC(NC(=O)Cc1ccc(CN)cc1)C1CCCCC1. The lowest BCUT2D eigenvalue weighted by atomic mass is 9.83. The molecule has 0 spiro atoms. The number of carbonyl (C=O) groups is 1. The molecule has 3 N–H and O–H groups in total. The van der Waals surface area contributed by atoms with Crippen molar-refractivity contribution in [1.29, 1.82) is 0 Å². The first-order valence-electron chi connectivity index (χ1n) is 8.30. The third-order valence-electron chi connectivity index (χ3n) is 4.63. The van der Waals surface area contributed by atoms with E-state index in [1.165, 1.54) is 32.1 Å². The van der Waals surface area contributed by atoms with Gasteiger partial charge in [0.15, 0.2) is 0 Å². The minimum atomic E-state index is 0.146. The molecule has 1 saturated carbocycles. The fraction of sp³-hybridized carbons (Fsp3) is 0.611. The highest BCUT2D eigenvalue weighted by molar-refractivity contribution is 5.78. The van der Waals surface area contributed by atoms with Crippen LogP contribution in [0.4, 0.5) is 0 Å². The highest BCUT2D eigenvalue weighted by atomic mass is 16.1. The van der Waals surface area contributed by atoms with E-state index in [0.717, 1.165) is 17.5 Å². The molecule has 1 aromatic carbocycles. The Labute approximate surface area is 128 Å². The van der Waals surface area contributed by atoms with Crippen LogP contribution in [0.15, 0.2) is 24.3 Å². The first kappa shape index (κ1) is 16.0. The van der Waals surface area contributed by atoms with E-state index >= 15 is 0 Å². The fourth-order valence-corrected chi connectivity index (χ4v) is 3.33. The summed E-state index contributed by atoms with van der Waals surface area (Å²) in [5, 5.41) is 3.25. The average molecular weight is 288 g/mol. The summed E-state index contributed by atoms with van der Waals surface area (Å²) in [6.45, 7) is 2.72. The molecule has 0 bridgehead atoms. The standard InChI is InChI=1S/C18H28N2O/c1-2-17(16-6-4-3-5-7-16)20-18(21)12-14-8-10-15(13-19)11-9-14/h8-11,16-17H,2-7,12-13,19H2,1H3,(H,20,21). The van der Waals surface area contributed by atoms with Crippen molar-refractivity contribution in [3.05, 3.63) is 35.4 Å². The molecule has 1 fully saturated rings. The minimum absolute atomic E-state index is 0.146. The number of hydrogen-bond donors (Lipinski definition) is 2. The topological polar surface area (TPSA) is 55.1 Å². The van der Waals surface area contributed by atoms with Gasteiger partial charge in [-0.3, -0.25) is 4.79 Å². The normalized spacial score (nSPS) is 17.4. The maximum Gasteiger partial charge on any atom is 0.224 e. The molecule has 0 aliphatic heterocycles. The van der Waals surface area contributed by atoms with Gasteiger partial charge >= 0.3 is 0 Å². The van der Waals surface area contributed by atoms with Crippen molar-refractivity contribution in [2.75, 3.05) is 0 Å². The Balaban J connectivity index is 1.86. The second-order valence-electron chi connectivity index (χ2n) is 6.18. The highest BCUT2D eigenvalue weighted by Crippen LogP contribution is 2.27. The van der Waals surface area contributed by atoms with Crippen LogP contribution in [-0.2, 0) is 17.8 Å². The number of nitrogens with one attached hydrogen (secondary N) is 1. The number of nitrogens with two attached hydrogens (primary N) is 1. The van der Waals surface area contributed by atoms with Crippen LogP contribution in [-0.4, -0.2) is 11.9 Å². The van der Waals surface area contributed by atoms with Crippen LogP contribution >= 0.6 is 0 Å². The van der Waals surface area contributed by atoms with Gasteiger partial charge in [-0.2, -0.15) is 0 Å². The van der Waals surface area contributed by atoms with Crippen LogP contribution < -0.4 is 11.1 Å². The summed E-state index contributed by atoms with van der Waals surface area (Å²) in [6.07, 6.45) is 8.02. The molecule has 1 aliphatic rings. The van der Waals surface area contributed by atoms with E-state index in [1.807, 2.05) is 24.3 Å². The van der Waals surface area contributed by atoms with Gasteiger partial charge in [-0.15, -0.1) is 0 Å². The Morgan fingerprint density at radius 1 is 1.19 bits per heavy atom. The van der Waals surface area contributed by atoms with E-state index in [9.17, 15) is 4.79 Å². The summed E-state index contributed by atoms with van der Waals surface area (Å²) < 4.78 is 0. The number of benzene rings is 1. The van der Waals surface area contributed by atoms with Gasteiger partial charge in [-0.05, 0) is 36.3 Å². The summed E-state index contributed by atoms with van der Waals surface area (Å²) in [5.41, 5.74) is 7.75. The predicted molar refractivity (Wildman–Crippen MR) is 86.8 cm³/mol. The maximum atomic E-state index is 12.2. The van der Waals surface area contributed by atoms with Gasteiger partial charge in [-0.25, -0.2) is 0 Å². The fourth-order valence-electron chi connectivity index (χ4n) is 3.33. The molecule has 0 heterocycles. The van der Waals surface area contributed by atoms with Gasteiger partial charge in [0, 0.05) is 12.6 Å². The Bertz CT molecular complexity index is 435. The summed E-state index contributed by atoms with van der Waals surface area (Å²) >= 11 is 0. The van der Waals surface area contributed by atoms with Crippen molar-refractivity contribution < 1.29 is 4.79 Å². The Kier molecular flexibility index (Phi) is 6.24. The molecule has 1 aliphatic carbocycles. The quantitative estimate of drug-likeness (QED) is 0.845. The van der Waals surface area contributed by atoms with E-state index < -0.39 is 0 Å². The van der Waals surface area contributed by atoms with Crippen molar-refractivity contribution >= 4 is 5.91 Å². The molecular formula is C18H28N2O. The number of carbonyl (C=O) groups excluding carboxylic acids is 1. The molecule has 3 heteroatoms. The second-order valence-corrected chi connectivity index (χ2v) is 6.18. The molecular weight excluding hydrogens is 260 g/mol. The van der Waals surface area contributed by atoms with Gasteiger partial charge in [0.05, 0.1) is 6.42 Å². The molecule has 1 unspecified atom stereocenters. The number of amides is 1. The van der Waals surface area contributed by atoms with Gasteiger partial charge in [0.1, 0.15) is 0 Å². The predicted octanol–water partition coefficient (Wildman–Crippen LogP) is 3.16. The Morgan fingerprint density at radius 2 is 1.81 bits per heavy atom. The first-order valence-corrected chi connectivity index (χ1v) is 8.30. The van der Waals surface area contributed by atoms with E-state index in [1.54, 1.807) is 0 Å². The lowest BCUT2D eigenvalue weighted by Crippen LogP contribution is -2.41. The molecule has 1 amide bonds. The number of rotatable bonds is 6. The third kappa shape index (κ3) is 4.85. The zero-order valence-electron chi connectivity index (χ0n) is 13.1. The molecule has 2 rings (SSSR count). The van der Waals surface area contributed by atoms with E-state index in [0.29, 0.717) is 24.9 Å². The Morgan fingerprint density at radius 3 is 2.38 bits per heavy atom. The van der Waals surface area contributed by atoms with E-state index in [4.69, 9.17) is 5.73 Å². The second kappa shape index (κ2) is 8.18. The van der Waals surface area contributed by atoms with Gasteiger partial charge in [-0.1, -0.05) is 50.5 Å². The van der Waals surface area contributed by atoms with Crippen LogP contribution in [0.25, 0.3) is 0 Å². The zero-order chi connectivity index (χ0) is 15.1. The van der Waals surface area contributed by atoms with E-state index in [2.05, 4.69) is 12.2 Å². The molecule has 0 saturated heterocycles. The first-order chi connectivity index (χ1) is 10.2. The smallest absolute Gasteiger partial charge is 0.224 e. The van der Waals surface area contributed by atoms with Crippen molar-refractivity contribution in [2.45, 2.75) is 64.5 Å². The summed E-state index contributed by atoms with van der Waals surface area (Å²) in [4.78, 5) is 12.2. The lowest BCUT2D eigenvalue weighted by molar-refractivity contribution is -0.121. The summed E-state index contributed by atoms with van der Waals surface area (Å²) in [7, 11) is 0. The third-order valence-corrected chi connectivity index (χ3v) is 4.63. The van der Waals surface area contributed by atoms with Crippen molar-refractivity contribution in [1.82, 2.24) is 5.32 Å². The van der Waals surface area contributed by atoms with Crippen LogP contribution in [0, 0.1) is 5.92 Å². The molecule has 0 radical (unpaired) electrons. The van der Waals surface area contributed by atoms with Crippen LogP contribution in [0.1, 0.15) is 56.6 Å². The van der Waals surface area contributed by atoms with Gasteiger partial charge < -0.3 is 11.1 Å². The lowest BCUT2D eigenvalue weighted by Gasteiger charge is -2.30. The average Bonchev–Trinajstić information content (AvgIpc) is 2.54. The van der Waals surface area contributed by atoms with Gasteiger partial charge in [0.2, 0.25) is 5.91 Å². The molecule has 1 aromatic rings. The zero-order valence-corrected chi connectivity index (χ0v) is 13.1. The highest BCUT2D eigenvalue weighted by Gasteiger charge is 2.23. The van der Waals surface area contributed by atoms with Crippen molar-refractivity contribution in [2.24, 2.45) is 11.7 Å². The largest absolute Gasteiger partial charge is 0.353 e. The van der Waals surface area contributed by atoms with Gasteiger partial charge in [0.25, 0.3) is 0 Å². The molecule has 1 atom stereocenters. The monoisotopic (exact) mass is 288 g/mol. The molecule has 0 aromatic heterocycles. The van der Waals surface area contributed by atoms with Crippen LogP contribution in [0.2, 0.25) is 0 Å². The summed E-state index contributed by atoms with van der Waals surface area (Å²) in [6, 6.07) is 8.36.